The fourth-order valence-electron chi connectivity index (χ4n) is 2.52. The van der Waals surface area contributed by atoms with Crippen LogP contribution < -0.4 is 11.1 Å². The third-order valence-electron chi connectivity index (χ3n) is 3.67. The lowest BCUT2D eigenvalue weighted by Crippen LogP contribution is -2.09. The summed E-state index contributed by atoms with van der Waals surface area (Å²) in [4.78, 5) is 4.57. The summed E-state index contributed by atoms with van der Waals surface area (Å²) in [5, 5.41) is 5.27. The van der Waals surface area contributed by atoms with E-state index in [4.69, 9.17) is 17.3 Å². The molecule has 0 atom stereocenters. The standard InChI is InChI=1S/C18H17BrClN3/c19-13-4-2-12(3-5-13)16-11-23-17-10-14(20)6-7-15(17)18(16)22-9-1-8-21/h2-7,10-11H,1,8-9,21H2,(H,22,23). The fraction of sp³-hybridized carbons (Fsp3) is 0.167. The normalized spacial score (nSPS) is 10.9. The van der Waals surface area contributed by atoms with Crippen molar-refractivity contribution in [3.63, 3.8) is 0 Å². The molecule has 3 aromatic rings. The van der Waals surface area contributed by atoms with Gasteiger partial charge >= 0.3 is 0 Å². The molecule has 3 nitrogen and oxygen atoms in total. The average Bonchev–Trinajstić information content (AvgIpc) is 2.56. The van der Waals surface area contributed by atoms with E-state index in [1.807, 2.05) is 36.5 Å². The molecule has 0 spiro atoms. The molecule has 0 aliphatic rings. The molecule has 0 saturated heterocycles. The Morgan fingerprint density at radius 1 is 1.13 bits per heavy atom. The zero-order chi connectivity index (χ0) is 16.2. The monoisotopic (exact) mass is 389 g/mol. The van der Waals surface area contributed by atoms with Crippen LogP contribution in [0.3, 0.4) is 0 Å². The Morgan fingerprint density at radius 2 is 1.91 bits per heavy atom. The number of halogens is 2. The summed E-state index contributed by atoms with van der Waals surface area (Å²) in [6.45, 7) is 1.48. The third-order valence-corrected chi connectivity index (χ3v) is 4.43. The van der Waals surface area contributed by atoms with Gasteiger partial charge in [0.15, 0.2) is 0 Å². The molecule has 1 aromatic heterocycles. The molecule has 0 unspecified atom stereocenters. The number of fused-ring (bicyclic) bond motifs is 1. The number of benzene rings is 2. The molecular weight excluding hydrogens is 374 g/mol. The maximum atomic E-state index is 6.09. The highest BCUT2D eigenvalue weighted by atomic mass is 79.9. The number of anilines is 1. The van der Waals surface area contributed by atoms with Crippen molar-refractivity contribution in [3.8, 4) is 11.1 Å². The van der Waals surface area contributed by atoms with Gasteiger partial charge in [-0.3, -0.25) is 4.98 Å². The summed E-state index contributed by atoms with van der Waals surface area (Å²) in [6.07, 6.45) is 2.81. The van der Waals surface area contributed by atoms with Gasteiger partial charge < -0.3 is 11.1 Å². The molecule has 0 aliphatic heterocycles. The van der Waals surface area contributed by atoms with Gasteiger partial charge in [-0.25, -0.2) is 0 Å². The molecule has 0 amide bonds. The highest BCUT2D eigenvalue weighted by Crippen LogP contribution is 2.35. The van der Waals surface area contributed by atoms with Crippen molar-refractivity contribution in [2.75, 3.05) is 18.4 Å². The van der Waals surface area contributed by atoms with Crippen molar-refractivity contribution in [2.24, 2.45) is 5.73 Å². The lowest BCUT2D eigenvalue weighted by molar-refractivity contribution is 0.875. The Morgan fingerprint density at radius 3 is 2.65 bits per heavy atom. The zero-order valence-corrected chi connectivity index (χ0v) is 14.9. The molecule has 3 N–H and O–H groups in total. The minimum Gasteiger partial charge on any atom is -0.384 e. The van der Waals surface area contributed by atoms with Crippen LogP contribution in [0.1, 0.15) is 6.42 Å². The summed E-state index contributed by atoms with van der Waals surface area (Å²) >= 11 is 9.57. The smallest absolute Gasteiger partial charge is 0.0738 e. The second-order valence-electron chi connectivity index (χ2n) is 5.28. The van der Waals surface area contributed by atoms with Gasteiger partial charge in [0.05, 0.1) is 11.2 Å². The van der Waals surface area contributed by atoms with E-state index in [1.165, 1.54) is 0 Å². The molecule has 0 radical (unpaired) electrons. The molecule has 3 rings (SSSR count). The van der Waals surface area contributed by atoms with Crippen LogP contribution in [0, 0.1) is 0 Å². The number of pyridine rings is 1. The third kappa shape index (κ3) is 3.66. The summed E-state index contributed by atoms with van der Waals surface area (Å²) in [5.74, 6) is 0. The molecule has 2 aromatic carbocycles. The van der Waals surface area contributed by atoms with Crippen LogP contribution in [0.5, 0.6) is 0 Å². The Labute approximate surface area is 149 Å². The van der Waals surface area contributed by atoms with Gasteiger partial charge in [0, 0.05) is 33.2 Å². The zero-order valence-electron chi connectivity index (χ0n) is 12.5. The van der Waals surface area contributed by atoms with Gasteiger partial charge in [0.2, 0.25) is 0 Å². The Balaban J connectivity index is 2.13. The first-order valence-electron chi connectivity index (χ1n) is 7.47. The van der Waals surface area contributed by atoms with E-state index in [-0.39, 0.29) is 0 Å². The predicted molar refractivity (Wildman–Crippen MR) is 102 cm³/mol. The predicted octanol–water partition coefficient (Wildman–Crippen LogP) is 5.08. The molecular formula is C18H17BrClN3. The minimum absolute atomic E-state index is 0.662. The topological polar surface area (TPSA) is 50.9 Å². The van der Waals surface area contributed by atoms with Gasteiger partial charge in [-0.05, 0) is 48.9 Å². The second kappa shape index (κ2) is 7.30. The van der Waals surface area contributed by atoms with Gasteiger partial charge in [-0.1, -0.05) is 39.7 Å². The molecule has 118 valence electrons. The maximum Gasteiger partial charge on any atom is 0.0738 e. The second-order valence-corrected chi connectivity index (χ2v) is 6.64. The van der Waals surface area contributed by atoms with Crippen LogP contribution in [0.2, 0.25) is 5.02 Å². The SMILES string of the molecule is NCCCNc1c(-c2ccc(Br)cc2)cnc2cc(Cl)ccc12. The Kier molecular flexibility index (Phi) is 5.16. The molecule has 0 fully saturated rings. The highest BCUT2D eigenvalue weighted by Gasteiger charge is 2.11. The van der Waals surface area contributed by atoms with Crippen molar-refractivity contribution < 1.29 is 0 Å². The fourth-order valence-corrected chi connectivity index (χ4v) is 2.95. The van der Waals surface area contributed by atoms with Crippen molar-refractivity contribution in [1.82, 2.24) is 4.98 Å². The quantitative estimate of drug-likeness (QED) is 0.597. The van der Waals surface area contributed by atoms with E-state index in [1.54, 1.807) is 0 Å². The average molecular weight is 391 g/mol. The van der Waals surface area contributed by atoms with Crippen LogP contribution >= 0.6 is 27.5 Å². The van der Waals surface area contributed by atoms with Crippen LogP contribution in [0.15, 0.2) is 53.1 Å². The number of hydrogen-bond acceptors (Lipinski definition) is 3. The van der Waals surface area contributed by atoms with Crippen molar-refractivity contribution >= 4 is 44.1 Å². The van der Waals surface area contributed by atoms with E-state index in [0.717, 1.165) is 45.2 Å². The molecule has 0 saturated carbocycles. The van der Waals surface area contributed by atoms with E-state index in [0.29, 0.717) is 11.6 Å². The first-order valence-corrected chi connectivity index (χ1v) is 8.64. The van der Waals surface area contributed by atoms with E-state index in [2.05, 4.69) is 38.4 Å². The number of aromatic nitrogens is 1. The van der Waals surface area contributed by atoms with E-state index >= 15 is 0 Å². The van der Waals surface area contributed by atoms with E-state index in [9.17, 15) is 0 Å². The molecule has 5 heteroatoms. The number of rotatable bonds is 5. The number of nitrogens with one attached hydrogen (secondary N) is 1. The first-order chi connectivity index (χ1) is 11.2. The molecule has 23 heavy (non-hydrogen) atoms. The van der Waals surface area contributed by atoms with Crippen LogP contribution in [0.25, 0.3) is 22.0 Å². The largest absolute Gasteiger partial charge is 0.384 e. The van der Waals surface area contributed by atoms with Gasteiger partial charge in [0.25, 0.3) is 0 Å². The van der Waals surface area contributed by atoms with Crippen molar-refractivity contribution in [2.45, 2.75) is 6.42 Å². The van der Waals surface area contributed by atoms with Gasteiger partial charge in [-0.2, -0.15) is 0 Å². The number of nitrogens with two attached hydrogens (primary N) is 1. The minimum atomic E-state index is 0.662. The number of nitrogens with zero attached hydrogens (tertiary/aromatic N) is 1. The summed E-state index contributed by atoms with van der Waals surface area (Å²) in [6, 6.07) is 14.0. The van der Waals surface area contributed by atoms with Gasteiger partial charge in [-0.15, -0.1) is 0 Å². The Hall–Kier alpha value is -1.62. The maximum absolute atomic E-state index is 6.09. The van der Waals surface area contributed by atoms with Crippen molar-refractivity contribution in [1.29, 1.82) is 0 Å². The van der Waals surface area contributed by atoms with Crippen LogP contribution in [-0.4, -0.2) is 18.1 Å². The summed E-state index contributed by atoms with van der Waals surface area (Å²) < 4.78 is 1.06. The molecule has 1 heterocycles. The summed E-state index contributed by atoms with van der Waals surface area (Å²) in [5.41, 5.74) is 9.76. The first kappa shape index (κ1) is 16.2. The number of hydrogen-bond donors (Lipinski definition) is 2. The lowest BCUT2D eigenvalue weighted by Gasteiger charge is -2.15. The Bertz CT molecular complexity index is 818. The lowest BCUT2D eigenvalue weighted by atomic mass is 10.0. The van der Waals surface area contributed by atoms with Crippen molar-refractivity contribution in [3.05, 3.63) is 58.2 Å². The summed E-state index contributed by atoms with van der Waals surface area (Å²) in [7, 11) is 0. The highest BCUT2D eigenvalue weighted by molar-refractivity contribution is 9.10. The molecule has 0 aliphatic carbocycles. The van der Waals surface area contributed by atoms with Gasteiger partial charge in [0.1, 0.15) is 0 Å². The van der Waals surface area contributed by atoms with E-state index < -0.39 is 0 Å². The van der Waals surface area contributed by atoms with Crippen LogP contribution in [-0.2, 0) is 0 Å². The molecule has 0 bridgehead atoms. The van der Waals surface area contributed by atoms with Crippen LogP contribution in [0.4, 0.5) is 5.69 Å².